The molecule has 1 aliphatic heterocycles. The van der Waals surface area contributed by atoms with Crippen molar-refractivity contribution in [1.29, 1.82) is 0 Å². The molecule has 0 bridgehead atoms. The third-order valence-corrected chi connectivity index (χ3v) is 6.03. The largest absolute Gasteiger partial charge is 0.478 e. The fraction of sp³-hybridized carbons (Fsp3) is 0.462. The summed E-state index contributed by atoms with van der Waals surface area (Å²) in [5.41, 5.74) is 3.18. The van der Waals surface area contributed by atoms with Crippen LogP contribution in [0.1, 0.15) is 63.4 Å². The lowest BCUT2D eigenvalue weighted by Gasteiger charge is -2.27. The average molecular weight is 498 g/mol. The van der Waals surface area contributed by atoms with Crippen LogP contribution in [0.25, 0.3) is 11.0 Å². The van der Waals surface area contributed by atoms with Gasteiger partial charge in [-0.1, -0.05) is 32.3 Å². The van der Waals surface area contributed by atoms with Crippen molar-refractivity contribution in [1.82, 2.24) is 20.2 Å². The number of anilines is 1. The van der Waals surface area contributed by atoms with Gasteiger partial charge >= 0.3 is 18.0 Å². The Morgan fingerprint density at radius 3 is 2.47 bits per heavy atom. The Morgan fingerprint density at radius 1 is 1.11 bits per heavy atom. The van der Waals surface area contributed by atoms with Gasteiger partial charge in [0.15, 0.2) is 0 Å². The SMILES string of the molecule is CCCCCCN1C=CC(c2c[nH]c3ccc(NC(=O)NC4CC4)nc23)CC1.O=C(O)C=CC(=O)O. The number of fused-ring (bicyclic) bond motifs is 1. The second-order valence-corrected chi connectivity index (χ2v) is 9.05. The number of hydrogen-bond donors (Lipinski definition) is 5. The lowest BCUT2D eigenvalue weighted by Crippen LogP contribution is -2.30. The number of nitrogens with zero attached hydrogens (tertiary/aromatic N) is 2. The highest BCUT2D eigenvalue weighted by atomic mass is 16.4. The van der Waals surface area contributed by atoms with Crippen LogP contribution in [-0.2, 0) is 9.59 Å². The lowest BCUT2D eigenvalue weighted by atomic mass is 9.94. The van der Waals surface area contributed by atoms with Crippen molar-refractivity contribution in [2.75, 3.05) is 18.4 Å². The molecule has 2 aliphatic rings. The molecule has 0 saturated heterocycles. The van der Waals surface area contributed by atoms with Crippen molar-refractivity contribution in [3.8, 4) is 0 Å². The molecule has 0 spiro atoms. The third-order valence-electron chi connectivity index (χ3n) is 6.03. The smallest absolute Gasteiger partial charge is 0.328 e. The van der Waals surface area contributed by atoms with E-state index in [2.05, 4.69) is 45.9 Å². The number of H-pyrrole nitrogens is 1. The van der Waals surface area contributed by atoms with Gasteiger partial charge in [0, 0.05) is 49.0 Å². The maximum atomic E-state index is 12.0. The van der Waals surface area contributed by atoms with Gasteiger partial charge in [0.05, 0.1) is 11.0 Å². The number of rotatable bonds is 10. The number of urea groups is 1. The average Bonchev–Trinajstić information content (AvgIpc) is 3.57. The summed E-state index contributed by atoms with van der Waals surface area (Å²) < 4.78 is 0. The van der Waals surface area contributed by atoms with Gasteiger partial charge in [0.2, 0.25) is 0 Å². The molecule has 36 heavy (non-hydrogen) atoms. The van der Waals surface area contributed by atoms with Crippen molar-refractivity contribution in [2.45, 2.75) is 63.8 Å². The number of amides is 2. The molecule has 0 aromatic carbocycles. The maximum Gasteiger partial charge on any atom is 0.328 e. The van der Waals surface area contributed by atoms with Gasteiger partial charge in [-0.2, -0.15) is 0 Å². The minimum Gasteiger partial charge on any atom is -0.478 e. The number of aliphatic carboxylic acids is 2. The van der Waals surface area contributed by atoms with E-state index in [1.165, 1.54) is 31.2 Å². The predicted molar refractivity (Wildman–Crippen MR) is 138 cm³/mol. The predicted octanol–water partition coefficient (Wildman–Crippen LogP) is 4.44. The van der Waals surface area contributed by atoms with E-state index in [1.807, 2.05) is 12.1 Å². The van der Waals surface area contributed by atoms with E-state index in [4.69, 9.17) is 15.2 Å². The van der Waals surface area contributed by atoms with Crippen LogP contribution in [0.2, 0.25) is 0 Å². The molecular formula is C26H35N5O5. The van der Waals surface area contributed by atoms with Crippen LogP contribution in [0.3, 0.4) is 0 Å². The van der Waals surface area contributed by atoms with Crippen molar-refractivity contribution >= 4 is 34.8 Å². The molecule has 1 unspecified atom stereocenters. The van der Waals surface area contributed by atoms with Crippen molar-refractivity contribution in [2.24, 2.45) is 0 Å². The first-order chi connectivity index (χ1) is 17.4. The monoisotopic (exact) mass is 497 g/mol. The van der Waals surface area contributed by atoms with Gasteiger partial charge in [-0.3, -0.25) is 5.32 Å². The van der Waals surface area contributed by atoms with E-state index in [0.29, 0.717) is 29.9 Å². The van der Waals surface area contributed by atoms with Gasteiger partial charge < -0.3 is 25.4 Å². The molecule has 1 atom stereocenters. The zero-order chi connectivity index (χ0) is 25.9. The second kappa shape index (κ2) is 13.3. The van der Waals surface area contributed by atoms with Crippen molar-refractivity contribution in [3.63, 3.8) is 0 Å². The van der Waals surface area contributed by atoms with E-state index >= 15 is 0 Å². The summed E-state index contributed by atoms with van der Waals surface area (Å²) in [5, 5.41) is 21.4. The fourth-order valence-corrected chi connectivity index (χ4v) is 3.97. The van der Waals surface area contributed by atoms with Crippen LogP contribution < -0.4 is 10.6 Å². The summed E-state index contributed by atoms with van der Waals surface area (Å²) in [4.78, 5) is 41.6. The Morgan fingerprint density at radius 2 is 1.86 bits per heavy atom. The fourth-order valence-electron chi connectivity index (χ4n) is 3.97. The summed E-state index contributed by atoms with van der Waals surface area (Å²) in [7, 11) is 0. The van der Waals surface area contributed by atoms with Gasteiger partial charge in [0.25, 0.3) is 0 Å². The van der Waals surface area contributed by atoms with E-state index in [1.54, 1.807) is 0 Å². The normalized spacial score (nSPS) is 17.0. The summed E-state index contributed by atoms with van der Waals surface area (Å²) >= 11 is 0. The number of unbranched alkanes of at least 4 members (excludes halogenated alkanes) is 3. The molecule has 5 N–H and O–H groups in total. The Labute approximate surface area is 210 Å². The number of carboxylic acids is 2. The number of pyridine rings is 1. The standard InChI is InChI=1S/C22H31N5O.C4H4O4/c1-2-3-4-5-12-27-13-10-16(11-14-27)18-15-23-19-8-9-20(25-21(18)19)26-22(28)24-17-6-7-17;5-3(6)1-2-4(7)8/h8-10,13,15-17,23H,2-7,11-12,14H2,1H3,(H2,24,25,26,28);1-2H,(H,5,6)(H,7,8). The molecule has 194 valence electrons. The van der Waals surface area contributed by atoms with Gasteiger partial charge in [-0.15, -0.1) is 0 Å². The quantitative estimate of drug-likeness (QED) is 0.241. The van der Waals surface area contributed by atoms with Crippen LogP contribution in [-0.4, -0.2) is 62.2 Å². The van der Waals surface area contributed by atoms with Crippen molar-refractivity contribution < 1.29 is 24.6 Å². The summed E-state index contributed by atoms with van der Waals surface area (Å²) in [6.07, 6.45) is 16.2. The Hall–Kier alpha value is -3.82. The number of carboxylic acid groups (broad SMARTS) is 2. The molecule has 4 rings (SSSR count). The number of carbonyl (C=O) groups excluding carboxylic acids is 1. The topological polar surface area (TPSA) is 148 Å². The summed E-state index contributed by atoms with van der Waals surface area (Å²) in [5.74, 6) is -1.55. The van der Waals surface area contributed by atoms with E-state index in [-0.39, 0.29) is 6.03 Å². The van der Waals surface area contributed by atoms with Crippen LogP contribution in [0.4, 0.5) is 10.6 Å². The Balaban J connectivity index is 0.000000392. The number of hydrogen-bond acceptors (Lipinski definition) is 5. The summed E-state index contributed by atoms with van der Waals surface area (Å²) in [6.45, 7) is 4.49. The first-order valence-corrected chi connectivity index (χ1v) is 12.5. The van der Waals surface area contributed by atoms with Crippen LogP contribution in [0.5, 0.6) is 0 Å². The number of carbonyl (C=O) groups is 3. The molecule has 1 saturated carbocycles. The molecule has 0 radical (unpaired) electrons. The molecule has 2 aromatic heterocycles. The Kier molecular flexibility index (Phi) is 9.91. The highest BCUT2D eigenvalue weighted by Crippen LogP contribution is 2.31. The molecule has 10 nitrogen and oxygen atoms in total. The number of nitrogens with one attached hydrogen (secondary N) is 3. The summed E-state index contributed by atoms with van der Waals surface area (Å²) in [6, 6.07) is 4.01. The minimum atomic E-state index is -1.26. The highest BCUT2D eigenvalue weighted by Gasteiger charge is 2.23. The van der Waals surface area contributed by atoms with E-state index in [0.717, 1.165) is 43.4 Å². The molecule has 1 aliphatic carbocycles. The van der Waals surface area contributed by atoms with Crippen molar-refractivity contribution in [3.05, 3.63) is 48.3 Å². The molecule has 1 fully saturated rings. The van der Waals surface area contributed by atoms with Gasteiger partial charge in [-0.05, 0) is 44.0 Å². The van der Waals surface area contributed by atoms with Gasteiger partial charge in [-0.25, -0.2) is 19.4 Å². The molecule has 10 heteroatoms. The second-order valence-electron chi connectivity index (χ2n) is 9.05. The van der Waals surface area contributed by atoms with Crippen LogP contribution >= 0.6 is 0 Å². The number of aromatic amines is 1. The molecular weight excluding hydrogens is 462 g/mol. The lowest BCUT2D eigenvalue weighted by molar-refractivity contribution is -0.134. The number of aromatic nitrogens is 2. The van der Waals surface area contributed by atoms with Gasteiger partial charge in [0.1, 0.15) is 5.82 Å². The Bertz CT molecular complexity index is 1090. The van der Waals surface area contributed by atoms with E-state index < -0.39 is 11.9 Å². The third kappa shape index (κ3) is 8.75. The molecule has 2 amide bonds. The molecule has 2 aromatic rings. The first kappa shape index (κ1) is 26.8. The minimum absolute atomic E-state index is 0.164. The number of allylic oxidation sites excluding steroid dienone is 1. The van der Waals surface area contributed by atoms with Crippen LogP contribution in [0, 0.1) is 0 Å². The highest BCUT2D eigenvalue weighted by molar-refractivity contribution is 5.91. The zero-order valence-electron chi connectivity index (χ0n) is 20.6. The van der Waals surface area contributed by atoms with E-state index in [9.17, 15) is 14.4 Å². The maximum absolute atomic E-state index is 12.0. The first-order valence-electron chi connectivity index (χ1n) is 12.5. The van der Waals surface area contributed by atoms with Crippen LogP contribution in [0.15, 0.2) is 42.8 Å². The molecule has 3 heterocycles. The zero-order valence-corrected chi connectivity index (χ0v) is 20.6.